The summed E-state index contributed by atoms with van der Waals surface area (Å²) in [5.41, 5.74) is 1.16. The van der Waals surface area contributed by atoms with E-state index in [1.54, 1.807) is 30.3 Å². The van der Waals surface area contributed by atoms with Crippen molar-refractivity contribution in [3.63, 3.8) is 0 Å². The van der Waals surface area contributed by atoms with Crippen molar-refractivity contribution < 1.29 is 13.5 Å². The highest BCUT2D eigenvalue weighted by molar-refractivity contribution is 7.92. The molecule has 0 amide bonds. The van der Waals surface area contributed by atoms with Crippen LogP contribution < -0.4 is 4.72 Å². The van der Waals surface area contributed by atoms with Crippen LogP contribution in [0.2, 0.25) is 0 Å². The van der Waals surface area contributed by atoms with Gasteiger partial charge in [0.1, 0.15) is 5.75 Å². The Hall–Kier alpha value is -2.27. The maximum Gasteiger partial charge on any atom is 0.261 e. The lowest BCUT2D eigenvalue weighted by Gasteiger charge is -2.10. The van der Waals surface area contributed by atoms with Gasteiger partial charge < -0.3 is 5.11 Å². The summed E-state index contributed by atoms with van der Waals surface area (Å²) >= 11 is 0. The number of nitrogens with one attached hydrogen (secondary N) is 1. The minimum Gasteiger partial charge on any atom is -0.508 e. The zero-order valence-corrected chi connectivity index (χ0v) is 10.9. The van der Waals surface area contributed by atoms with E-state index in [0.29, 0.717) is 11.3 Å². The van der Waals surface area contributed by atoms with Crippen LogP contribution in [0.1, 0.15) is 5.56 Å². The molecule has 19 heavy (non-hydrogen) atoms. The number of aromatic hydroxyl groups is 1. The molecule has 0 fully saturated rings. The second-order valence-electron chi connectivity index (χ2n) is 3.89. The van der Waals surface area contributed by atoms with Crippen LogP contribution in [-0.2, 0) is 10.0 Å². The predicted octanol–water partition coefficient (Wildman–Crippen LogP) is 2.84. The smallest absolute Gasteiger partial charge is 0.261 e. The fraction of sp³-hybridized carbons (Fsp3) is 0. The van der Waals surface area contributed by atoms with E-state index in [1.807, 2.05) is 0 Å². The van der Waals surface area contributed by atoms with Crippen LogP contribution >= 0.6 is 0 Å². The molecule has 0 heterocycles. The van der Waals surface area contributed by atoms with Crippen molar-refractivity contribution in [3.8, 4) is 5.75 Å². The van der Waals surface area contributed by atoms with Gasteiger partial charge in [0.25, 0.3) is 10.0 Å². The number of rotatable bonds is 4. The van der Waals surface area contributed by atoms with Gasteiger partial charge in [0.2, 0.25) is 0 Å². The maximum absolute atomic E-state index is 12.2. The Balaban J connectivity index is 2.36. The van der Waals surface area contributed by atoms with Crippen molar-refractivity contribution in [2.45, 2.75) is 4.90 Å². The normalized spacial score (nSPS) is 10.9. The first-order chi connectivity index (χ1) is 9.03. The topological polar surface area (TPSA) is 66.4 Å². The minimum absolute atomic E-state index is 0.0189. The number of anilines is 1. The van der Waals surface area contributed by atoms with Gasteiger partial charge >= 0.3 is 0 Å². The molecule has 2 N–H and O–H groups in total. The molecule has 0 atom stereocenters. The molecule has 0 unspecified atom stereocenters. The number of phenolic OH excluding ortho intramolecular Hbond substituents is 1. The van der Waals surface area contributed by atoms with Gasteiger partial charge in [0.05, 0.1) is 10.6 Å². The highest BCUT2D eigenvalue weighted by Gasteiger charge is 2.14. The van der Waals surface area contributed by atoms with E-state index in [-0.39, 0.29) is 10.6 Å². The molecule has 4 nitrogen and oxygen atoms in total. The molecule has 0 saturated heterocycles. The molecule has 2 aromatic rings. The largest absolute Gasteiger partial charge is 0.508 e. The summed E-state index contributed by atoms with van der Waals surface area (Å²) in [5.74, 6) is 0.0189. The Morgan fingerprint density at radius 1 is 1.05 bits per heavy atom. The third kappa shape index (κ3) is 2.95. The van der Waals surface area contributed by atoms with Crippen molar-refractivity contribution in [3.05, 3.63) is 60.7 Å². The van der Waals surface area contributed by atoms with Crippen molar-refractivity contribution in [1.82, 2.24) is 0 Å². The van der Waals surface area contributed by atoms with Crippen LogP contribution in [0.5, 0.6) is 5.75 Å². The van der Waals surface area contributed by atoms with Crippen molar-refractivity contribution >= 4 is 21.8 Å². The fourth-order valence-corrected chi connectivity index (χ4v) is 2.68. The molecule has 0 aliphatic rings. The number of sulfonamides is 1. The Labute approximate surface area is 112 Å². The lowest BCUT2D eigenvalue weighted by atomic mass is 10.2. The van der Waals surface area contributed by atoms with E-state index < -0.39 is 10.0 Å². The third-order valence-corrected chi connectivity index (χ3v) is 3.95. The van der Waals surface area contributed by atoms with Gasteiger partial charge in [-0.3, -0.25) is 4.72 Å². The molecule has 0 aromatic heterocycles. The van der Waals surface area contributed by atoms with Gasteiger partial charge in [-0.2, -0.15) is 0 Å². The summed E-state index contributed by atoms with van der Waals surface area (Å²) < 4.78 is 26.8. The van der Waals surface area contributed by atoms with Crippen LogP contribution in [0.3, 0.4) is 0 Å². The zero-order chi connectivity index (χ0) is 13.9. The molecule has 5 heteroatoms. The molecule has 0 radical (unpaired) electrons. The first kappa shape index (κ1) is 13.2. The quantitative estimate of drug-likeness (QED) is 0.901. The van der Waals surface area contributed by atoms with E-state index in [1.165, 1.54) is 24.3 Å². The monoisotopic (exact) mass is 275 g/mol. The van der Waals surface area contributed by atoms with Crippen molar-refractivity contribution in [1.29, 1.82) is 0 Å². The minimum atomic E-state index is -3.67. The van der Waals surface area contributed by atoms with Crippen LogP contribution in [0.25, 0.3) is 6.08 Å². The SMILES string of the molecule is C=Cc1ccccc1NS(=O)(=O)c1ccc(O)cc1. The first-order valence-corrected chi connectivity index (χ1v) is 7.04. The third-order valence-electron chi connectivity index (χ3n) is 2.57. The lowest BCUT2D eigenvalue weighted by molar-refractivity contribution is 0.475. The van der Waals surface area contributed by atoms with E-state index in [9.17, 15) is 8.42 Å². The standard InChI is InChI=1S/C14H13NO3S/c1-2-11-5-3-4-6-14(11)15-19(17,18)13-9-7-12(16)8-10-13/h2-10,15-16H,1H2. The predicted molar refractivity (Wildman–Crippen MR) is 75.4 cm³/mol. The molecule has 0 bridgehead atoms. The number of para-hydroxylation sites is 1. The maximum atomic E-state index is 12.2. The Morgan fingerprint density at radius 3 is 2.32 bits per heavy atom. The highest BCUT2D eigenvalue weighted by atomic mass is 32.2. The van der Waals surface area contributed by atoms with E-state index in [4.69, 9.17) is 5.11 Å². The molecular formula is C14H13NO3S. The highest BCUT2D eigenvalue weighted by Crippen LogP contribution is 2.21. The molecule has 0 aliphatic heterocycles. The number of benzene rings is 2. The van der Waals surface area contributed by atoms with Gasteiger partial charge in [-0.1, -0.05) is 30.9 Å². The molecule has 0 spiro atoms. The molecule has 0 aliphatic carbocycles. The fourth-order valence-electron chi connectivity index (χ4n) is 1.60. The average molecular weight is 275 g/mol. The summed E-state index contributed by atoms with van der Waals surface area (Å²) in [4.78, 5) is 0.0872. The van der Waals surface area contributed by atoms with Crippen LogP contribution in [-0.4, -0.2) is 13.5 Å². The van der Waals surface area contributed by atoms with Gasteiger partial charge in [-0.15, -0.1) is 0 Å². The Kier molecular flexibility index (Phi) is 3.57. The van der Waals surface area contributed by atoms with E-state index >= 15 is 0 Å². The van der Waals surface area contributed by atoms with Gasteiger partial charge in [0.15, 0.2) is 0 Å². The van der Waals surface area contributed by atoms with Crippen LogP contribution in [0, 0.1) is 0 Å². The second-order valence-corrected chi connectivity index (χ2v) is 5.57. The van der Waals surface area contributed by atoms with E-state index in [2.05, 4.69) is 11.3 Å². The van der Waals surface area contributed by atoms with Crippen molar-refractivity contribution in [2.75, 3.05) is 4.72 Å². The van der Waals surface area contributed by atoms with Crippen LogP contribution in [0.4, 0.5) is 5.69 Å². The van der Waals surface area contributed by atoms with Gasteiger partial charge in [-0.05, 0) is 35.9 Å². The van der Waals surface area contributed by atoms with Crippen molar-refractivity contribution in [2.24, 2.45) is 0 Å². The molecule has 2 aromatic carbocycles. The Morgan fingerprint density at radius 2 is 1.68 bits per heavy atom. The zero-order valence-electron chi connectivity index (χ0n) is 10.1. The molecule has 2 rings (SSSR count). The molecular weight excluding hydrogens is 262 g/mol. The Bertz CT molecular complexity index is 691. The summed E-state index contributed by atoms with van der Waals surface area (Å²) in [6.07, 6.45) is 1.58. The van der Waals surface area contributed by atoms with Gasteiger partial charge in [0, 0.05) is 0 Å². The summed E-state index contributed by atoms with van der Waals surface area (Å²) in [7, 11) is -3.67. The number of phenols is 1. The summed E-state index contributed by atoms with van der Waals surface area (Å²) in [5, 5.41) is 9.17. The number of hydrogen-bond acceptors (Lipinski definition) is 3. The molecule has 0 saturated carbocycles. The summed E-state index contributed by atoms with van der Waals surface area (Å²) in [6, 6.07) is 12.3. The average Bonchev–Trinajstić information content (AvgIpc) is 2.39. The van der Waals surface area contributed by atoms with E-state index in [0.717, 1.165) is 0 Å². The summed E-state index contributed by atoms with van der Waals surface area (Å²) in [6.45, 7) is 3.64. The second kappa shape index (κ2) is 5.16. The lowest BCUT2D eigenvalue weighted by Crippen LogP contribution is -2.13. The first-order valence-electron chi connectivity index (χ1n) is 5.56. The van der Waals surface area contributed by atoms with Crippen LogP contribution in [0.15, 0.2) is 60.0 Å². The van der Waals surface area contributed by atoms with Gasteiger partial charge in [-0.25, -0.2) is 8.42 Å². The molecule has 98 valence electrons. The number of hydrogen-bond donors (Lipinski definition) is 2.